The molecule has 1 N–H and O–H groups in total. The molecule has 0 aliphatic rings. The second-order valence-corrected chi connectivity index (χ2v) is 6.14. The average molecular weight is 256 g/mol. The van der Waals surface area contributed by atoms with Gasteiger partial charge in [-0.1, -0.05) is 11.8 Å². The van der Waals surface area contributed by atoms with Crippen molar-refractivity contribution in [2.45, 2.75) is 51.4 Å². The zero-order valence-corrected chi connectivity index (χ0v) is 11.8. The van der Waals surface area contributed by atoms with E-state index in [1.807, 2.05) is 25.3 Å². The lowest BCUT2D eigenvalue weighted by Gasteiger charge is -2.20. The summed E-state index contributed by atoms with van der Waals surface area (Å²) in [6.45, 7) is 10.0. The number of aromatic nitrogens is 3. The van der Waals surface area contributed by atoms with Crippen LogP contribution >= 0.6 is 11.8 Å². The summed E-state index contributed by atoms with van der Waals surface area (Å²) in [4.78, 5) is 11.6. The quantitative estimate of drug-likeness (QED) is 0.835. The fraction of sp³-hybridized carbons (Fsp3) is 0.727. The van der Waals surface area contributed by atoms with Crippen LogP contribution in [0, 0.1) is 0 Å². The van der Waals surface area contributed by atoms with Crippen molar-refractivity contribution >= 4 is 17.7 Å². The van der Waals surface area contributed by atoms with Gasteiger partial charge in [0.25, 0.3) is 0 Å². The highest BCUT2D eigenvalue weighted by Gasteiger charge is 2.15. The molecule has 1 aromatic heterocycles. The summed E-state index contributed by atoms with van der Waals surface area (Å²) in [5, 5.41) is 11.6. The van der Waals surface area contributed by atoms with Crippen LogP contribution in [0.2, 0.25) is 0 Å². The van der Waals surface area contributed by atoms with E-state index in [4.69, 9.17) is 0 Å². The Balaban J connectivity index is 2.50. The van der Waals surface area contributed by atoms with Gasteiger partial charge in [0.05, 0.1) is 5.75 Å². The average Bonchev–Trinajstić information content (AvgIpc) is 2.59. The van der Waals surface area contributed by atoms with Crippen molar-refractivity contribution in [2.24, 2.45) is 0 Å². The standard InChI is InChI=1S/C11H20N4OS/c1-8(2)15-7-12-14-10(15)17-6-9(16)13-11(3,4)5/h7-8H,6H2,1-5H3,(H,13,16). The fourth-order valence-corrected chi connectivity index (χ4v) is 2.12. The Hall–Kier alpha value is -1.04. The largest absolute Gasteiger partial charge is 0.351 e. The third kappa shape index (κ3) is 4.77. The minimum absolute atomic E-state index is 0.0146. The number of amides is 1. The molecule has 1 heterocycles. The Kier molecular flexibility index (Phi) is 4.56. The monoisotopic (exact) mass is 256 g/mol. The maximum absolute atomic E-state index is 11.6. The molecule has 0 aliphatic carbocycles. The van der Waals surface area contributed by atoms with Crippen molar-refractivity contribution in [3.8, 4) is 0 Å². The van der Waals surface area contributed by atoms with Crippen LogP contribution in [0.4, 0.5) is 0 Å². The van der Waals surface area contributed by atoms with Crippen molar-refractivity contribution in [2.75, 3.05) is 5.75 Å². The van der Waals surface area contributed by atoms with E-state index in [9.17, 15) is 4.79 Å². The zero-order valence-electron chi connectivity index (χ0n) is 11.0. The molecule has 17 heavy (non-hydrogen) atoms. The predicted octanol–water partition coefficient (Wildman–Crippen LogP) is 1.87. The van der Waals surface area contributed by atoms with Gasteiger partial charge < -0.3 is 9.88 Å². The molecule has 0 saturated carbocycles. The second kappa shape index (κ2) is 5.53. The number of carbonyl (C=O) groups is 1. The number of carbonyl (C=O) groups excluding carboxylic acids is 1. The van der Waals surface area contributed by atoms with Gasteiger partial charge in [-0.15, -0.1) is 10.2 Å². The number of nitrogens with one attached hydrogen (secondary N) is 1. The van der Waals surface area contributed by atoms with Gasteiger partial charge in [0.15, 0.2) is 5.16 Å². The van der Waals surface area contributed by atoms with Gasteiger partial charge >= 0.3 is 0 Å². The number of nitrogens with zero attached hydrogens (tertiary/aromatic N) is 3. The van der Waals surface area contributed by atoms with Gasteiger partial charge in [0.1, 0.15) is 6.33 Å². The summed E-state index contributed by atoms with van der Waals surface area (Å²) in [6, 6.07) is 0.304. The summed E-state index contributed by atoms with van der Waals surface area (Å²) >= 11 is 1.41. The molecule has 0 aromatic carbocycles. The van der Waals surface area contributed by atoms with Crippen LogP contribution in [-0.4, -0.2) is 32.0 Å². The maximum atomic E-state index is 11.6. The molecule has 1 aromatic rings. The van der Waals surface area contributed by atoms with Crippen molar-refractivity contribution in [1.29, 1.82) is 0 Å². The summed E-state index contributed by atoms with van der Waals surface area (Å²) in [6.07, 6.45) is 1.69. The summed E-state index contributed by atoms with van der Waals surface area (Å²) in [5.41, 5.74) is -0.191. The molecule has 1 rings (SSSR count). The van der Waals surface area contributed by atoms with Crippen molar-refractivity contribution in [3.05, 3.63) is 6.33 Å². The van der Waals surface area contributed by atoms with Crippen LogP contribution in [0.15, 0.2) is 11.5 Å². The molecule has 6 heteroatoms. The first kappa shape index (κ1) is 14.0. The molecule has 1 amide bonds. The van der Waals surface area contributed by atoms with Gasteiger partial charge in [-0.25, -0.2) is 0 Å². The summed E-state index contributed by atoms with van der Waals surface area (Å²) in [7, 11) is 0. The maximum Gasteiger partial charge on any atom is 0.230 e. The normalized spacial score (nSPS) is 11.9. The lowest BCUT2D eigenvalue weighted by Crippen LogP contribution is -2.41. The highest BCUT2D eigenvalue weighted by molar-refractivity contribution is 7.99. The lowest BCUT2D eigenvalue weighted by atomic mass is 10.1. The first-order chi connectivity index (χ1) is 7.79. The van der Waals surface area contributed by atoms with Gasteiger partial charge in [-0.2, -0.15) is 0 Å². The fourth-order valence-electron chi connectivity index (χ4n) is 1.27. The molecule has 0 unspecified atom stereocenters. The van der Waals surface area contributed by atoms with Gasteiger partial charge in [0, 0.05) is 11.6 Å². The molecule has 0 atom stereocenters. The summed E-state index contributed by atoms with van der Waals surface area (Å²) < 4.78 is 1.95. The van der Waals surface area contributed by atoms with E-state index >= 15 is 0 Å². The van der Waals surface area contributed by atoms with Crippen molar-refractivity contribution in [3.63, 3.8) is 0 Å². The molecule has 0 spiro atoms. The smallest absolute Gasteiger partial charge is 0.230 e. The number of rotatable bonds is 4. The number of hydrogen-bond acceptors (Lipinski definition) is 4. The van der Waals surface area contributed by atoms with Crippen LogP contribution in [0.3, 0.4) is 0 Å². The molecule has 0 bridgehead atoms. The SMILES string of the molecule is CC(C)n1cnnc1SCC(=O)NC(C)(C)C. The second-order valence-electron chi connectivity index (χ2n) is 5.20. The molecule has 96 valence electrons. The minimum Gasteiger partial charge on any atom is -0.351 e. The van der Waals surface area contributed by atoms with E-state index in [1.54, 1.807) is 6.33 Å². The summed E-state index contributed by atoms with van der Waals surface area (Å²) in [5.74, 6) is 0.378. The molecular weight excluding hydrogens is 236 g/mol. The highest BCUT2D eigenvalue weighted by Crippen LogP contribution is 2.18. The van der Waals surface area contributed by atoms with Gasteiger partial charge in [-0.05, 0) is 34.6 Å². The third-order valence-corrected chi connectivity index (χ3v) is 2.90. The Bertz CT molecular complexity index is 381. The first-order valence-corrected chi connectivity index (χ1v) is 6.61. The van der Waals surface area contributed by atoms with E-state index in [2.05, 4.69) is 29.4 Å². The topological polar surface area (TPSA) is 59.8 Å². The molecule has 0 saturated heterocycles. The lowest BCUT2D eigenvalue weighted by molar-refractivity contribution is -0.119. The zero-order chi connectivity index (χ0) is 13.1. The Morgan fingerprint density at radius 1 is 1.53 bits per heavy atom. The third-order valence-electron chi connectivity index (χ3n) is 1.94. The Morgan fingerprint density at radius 3 is 2.71 bits per heavy atom. The number of hydrogen-bond donors (Lipinski definition) is 1. The van der Waals surface area contributed by atoms with Crippen LogP contribution in [-0.2, 0) is 4.79 Å². The Labute approximate surface area is 106 Å². The van der Waals surface area contributed by atoms with Crippen LogP contribution in [0.25, 0.3) is 0 Å². The van der Waals surface area contributed by atoms with E-state index in [0.717, 1.165) is 5.16 Å². The number of thioether (sulfide) groups is 1. The van der Waals surface area contributed by atoms with Gasteiger partial charge in [-0.3, -0.25) is 4.79 Å². The van der Waals surface area contributed by atoms with Crippen molar-refractivity contribution < 1.29 is 4.79 Å². The van der Waals surface area contributed by atoms with E-state index < -0.39 is 0 Å². The Morgan fingerprint density at radius 2 is 2.18 bits per heavy atom. The van der Waals surface area contributed by atoms with Crippen LogP contribution < -0.4 is 5.32 Å². The van der Waals surface area contributed by atoms with Crippen LogP contribution in [0.1, 0.15) is 40.7 Å². The van der Waals surface area contributed by atoms with E-state index in [-0.39, 0.29) is 11.4 Å². The molecule has 0 aliphatic heterocycles. The minimum atomic E-state index is -0.191. The molecule has 5 nitrogen and oxygen atoms in total. The molecule has 0 radical (unpaired) electrons. The van der Waals surface area contributed by atoms with Crippen molar-refractivity contribution in [1.82, 2.24) is 20.1 Å². The van der Waals surface area contributed by atoms with E-state index in [0.29, 0.717) is 11.8 Å². The van der Waals surface area contributed by atoms with Crippen LogP contribution in [0.5, 0.6) is 0 Å². The van der Waals surface area contributed by atoms with E-state index in [1.165, 1.54) is 11.8 Å². The predicted molar refractivity (Wildman–Crippen MR) is 69.0 cm³/mol. The highest BCUT2D eigenvalue weighted by atomic mass is 32.2. The molecule has 0 fully saturated rings. The van der Waals surface area contributed by atoms with Gasteiger partial charge in [0.2, 0.25) is 5.91 Å². The first-order valence-electron chi connectivity index (χ1n) is 5.63. The molecular formula is C11H20N4OS.